The lowest BCUT2D eigenvalue weighted by molar-refractivity contribution is -0.122. The number of hydrogen-bond acceptors (Lipinski definition) is 3. The number of rotatable bonds is 6. The van der Waals surface area contributed by atoms with Crippen molar-refractivity contribution in [2.24, 2.45) is 0 Å². The van der Waals surface area contributed by atoms with Gasteiger partial charge in [0.2, 0.25) is 11.8 Å². The van der Waals surface area contributed by atoms with Crippen LogP contribution in [0.25, 0.3) is 0 Å². The molecule has 2 aromatic carbocycles. The van der Waals surface area contributed by atoms with E-state index in [0.29, 0.717) is 5.69 Å². The number of nitrogens with one attached hydrogen (secondary N) is 3. The molecule has 8 heteroatoms. The van der Waals surface area contributed by atoms with Gasteiger partial charge >= 0.3 is 0 Å². The second kappa shape index (κ2) is 8.57. The first-order chi connectivity index (χ1) is 12.7. The number of anilines is 2. The van der Waals surface area contributed by atoms with E-state index in [0.717, 1.165) is 28.8 Å². The van der Waals surface area contributed by atoms with Crippen molar-refractivity contribution in [2.75, 3.05) is 23.7 Å². The summed E-state index contributed by atoms with van der Waals surface area (Å²) in [5, 5.41) is 7.45. The van der Waals surface area contributed by atoms with E-state index < -0.39 is 35.8 Å². The third-order valence-electron chi connectivity index (χ3n) is 3.86. The van der Waals surface area contributed by atoms with E-state index in [-0.39, 0.29) is 12.2 Å². The molecule has 0 atom stereocenters. The lowest BCUT2D eigenvalue weighted by Crippen LogP contribution is -2.36. The summed E-state index contributed by atoms with van der Waals surface area (Å²) < 4.78 is 39.5. The van der Waals surface area contributed by atoms with Crippen molar-refractivity contribution < 1.29 is 22.8 Å². The minimum Gasteiger partial charge on any atom is -0.374 e. The Morgan fingerprint density at radius 1 is 0.889 bits per heavy atom. The first kappa shape index (κ1) is 20.3. The maximum absolute atomic E-state index is 13.5. The Morgan fingerprint density at radius 2 is 1.52 bits per heavy atom. The Hall–Kier alpha value is -3.03. The summed E-state index contributed by atoms with van der Waals surface area (Å²) in [7, 11) is 0. The first-order valence-corrected chi connectivity index (χ1v) is 8.20. The maximum atomic E-state index is 13.5. The number of hydrogen-bond donors (Lipinski definition) is 3. The van der Waals surface area contributed by atoms with E-state index in [2.05, 4.69) is 16.0 Å². The van der Waals surface area contributed by atoms with Gasteiger partial charge in [-0.05, 0) is 44.0 Å². The Labute approximate surface area is 155 Å². The highest BCUT2D eigenvalue weighted by Gasteiger charge is 2.14. The second-order valence-electron chi connectivity index (χ2n) is 6.18. The number of carbonyl (C=O) groups is 2. The van der Waals surface area contributed by atoms with Crippen molar-refractivity contribution in [3.8, 4) is 0 Å². The second-order valence-corrected chi connectivity index (χ2v) is 6.18. The molecule has 5 nitrogen and oxygen atoms in total. The van der Waals surface area contributed by atoms with Crippen LogP contribution in [-0.4, -0.2) is 24.9 Å². The van der Waals surface area contributed by atoms with Crippen LogP contribution in [0.15, 0.2) is 24.3 Å². The van der Waals surface area contributed by atoms with Crippen molar-refractivity contribution in [2.45, 2.75) is 20.8 Å². The van der Waals surface area contributed by atoms with Crippen LogP contribution in [0.5, 0.6) is 0 Å². The summed E-state index contributed by atoms with van der Waals surface area (Å²) in [4.78, 5) is 23.8. The fourth-order valence-electron chi connectivity index (χ4n) is 2.64. The standard InChI is InChI=1S/C19H20F3N3O2/c1-10-6-11(2)19(12(3)7-10)25-16(27)9-24-15(26)8-23-14-5-4-13(20)17(21)18(14)22/h4-7,23H,8-9H2,1-3H3,(H,24,26)(H,25,27). The van der Waals surface area contributed by atoms with Gasteiger partial charge in [-0.3, -0.25) is 9.59 Å². The molecule has 0 aliphatic rings. The summed E-state index contributed by atoms with van der Waals surface area (Å²) >= 11 is 0. The largest absolute Gasteiger partial charge is 0.374 e. The predicted octanol–water partition coefficient (Wildman–Crippen LogP) is 3.20. The molecule has 27 heavy (non-hydrogen) atoms. The van der Waals surface area contributed by atoms with Crippen molar-refractivity contribution in [1.29, 1.82) is 0 Å². The molecule has 2 rings (SSSR count). The Morgan fingerprint density at radius 3 is 2.15 bits per heavy atom. The van der Waals surface area contributed by atoms with Gasteiger partial charge in [-0.15, -0.1) is 0 Å². The minimum absolute atomic E-state index is 0.284. The minimum atomic E-state index is -1.62. The summed E-state index contributed by atoms with van der Waals surface area (Å²) in [5.41, 5.74) is 3.22. The zero-order chi connectivity index (χ0) is 20.1. The predicted molar refractivity (Wildman–Crippen MR) is 97.1 cm³/mol. The lowest BCUT2D eigenvalue weighted by Gasteiger charge is -2.13. The first-order valence-electron chi connectivity index (χ1n) is 8.20. The molecule has 0 fully saturated rings. The van der Waals surface area contributed by atoms with Gasteiger partial charge < -0.3 is 16.0 Å². The molecular weight excluding hydrogens is 359 g/mol. The van der Waals surface area contributed by atoms with E-state index in [4.69, 9.17) is 0 Å². The van der Waals surface area contributed by atoms with Gasteiger partial charge in [0, 0.05) is 5.69 Å². The van der Waals surface area contributed by atoms with Crippen molar-refractivity contribution in [3.05, 3.63) is 58.4 Å². The monoisotopic (exact) mass is 379 g/mol. The van der Waals surface area contributed by atoms with E-state index in [1.807, 2.05) is 32.9 Å². The molecular formula is C19H20F3N3O2. The van der Waals surface area contributed by atoms with Gasteiger partial charge in [-0.1, -0.05) is 17.7 Å². The zero-order valence-corrected chi connectivity index (χ0v) is 15.2. The van der Waals surface area contributed by atoms with Crippen LogP contribution in [-0.2, 0) is 9.59 Å². The molecule has 0 saturated carbocycles. The molecule has 0 aliphatic carbocycles. The third-order valence-corrected chi connectivity index (χ3v) is 3.86. The van der Waals surface area contributed by atoms with Crippen LogP contribution >= 0.6 is 0 Å². The maximum Gasteiger partial charge on any atom is 0.243 e. The van der Waals surface area contributed by atoms with Crippen molar-refractivity contribution in [1.82, 2.24) is 5.32 Å². The Bertz CT molecular complexity index is 862. The fourth-order valence-corrected chi connectivity index (χ4v) is 2.64. The van der Waals surface area contributed by atoms with E-state index in [1.54, 1.807) is 0 Å². The number of aryl methyl sites for hydroxylation is 3. The SMILES string of the molecule is Cc1cc(C)c(NC(=O)CNC(=O)CNc2ccc(F)c(F)c2F)c(C)c1. The van der Waals surface area contributed by atoms with Crippen LogP contribution in [0.1, 0.15) is 16.7 Å². The fraction of sp³-hybridized carbons (Fsp3) is 0.263. The Balaban J connectivity index is 1.85. The van der Waals surface area contributed by atoms with Gasteiger partial charge in [0.1, 0.15) is 0 Å². The highest BCUT2D eigenvalue weighted by molar-refractivity contribution is 5.96. The molecule has 0 bridgehead atoms. The van der Waals surface area contributed by atoms with E-state index in [1.165, 1.54) is 0 Å². The molecule has 0 saturated heterocycles. The average Bonchev–Trinajstić information content (AvgIpc) is 2.60. The van der Waals surface area contributed by atoms with Crippen LogP contribution in [0.2, 0.25) is 0 Å². The normalized spacial score (nSPS) is 10.4. The highest BCUT2D eigenvalue weighted by atomic mass is 19.2. The molecule has 0 heterocycles. The summed E-state index contributed by atoms with van der Waals surface area (Å²) in [6.07, 6.45) is 0. The number of benzene rings is 2. The van der Waals surface area contributed by atoms with Gasteiger partial charge in [-0.25, -0.2) is 13.2 Å². The molecule has 3 N–H and O–H groups in total. The van der Waals surface area contributed by atoms with Crippen LogP contribution in [0.3, 0.4) is 0 Å². The smallest absolute Gasteiger partial charge is 0.243 e. The van der Waals surface area contributed by atoms with Crippen LogP contribution in [0, 0.1) is 38.2 Å². The lowest BCUT2D eigenvalue weighted by atomic mass is 10.1. The molecule has 0 aliphatic heterocycles. The van der Waals surface area contributed by atoms with Gasteiger partial charge in [0.15, 0.2) is 17.5 Å². The Kier molecular flexibility index (Phi) is 6.44. The molecule has 144 valence electrons. The molecule has 2 amide bonds. The third kappa shape index (κ3) is 5.22. The van der Waals surface area contributed by atoms with Crippen molar-refractivity contribution in [3.63, 3.8) is 0 Å². The molecule has 0 unspecified atom stereocenters. The summed E-state index contributed by atoms with van der Waals surface area (Å²) in [6.45, 7) is 5.00. The number of amides is 2. The molecule has 0 aromatic heterocycles. The number of halogens is 3. The van der Waals surface area contributed by atoms with Crippen LogP contribution in [0.4, 0.5) is 24.5 Å². The van der Waals surface area contributed by atoms with Crippen molar-refractivity contribution >= 4 is 23.2 Å². The zero-order valence-electron chi connectivity index (χ0n) is 15.2. The van der Waals surface area contributed by atoms with E-state index >= 15 is 0 Å². The topological polar surface area (TPSA) is 70.2 Å². The quantitative estimate of drug-likeness (QED) is 0.675. The number of carbonyl (C=O) groups excluding carboxylic acids is 2. The average molecular weight is 379 g/mol. The van der Waals surface area contributed by atoms with Crippen LogP contribution < -0.4 is 16.0 Å². The van der Waals surface area contributed by atoms with Gasteiger partial charge in [0.05, 0.1) is 18.8 Å². The summed E-state index contributed by atoms with van der Waals surface area (Å²) in [5.74, 6) is -5.38. The van der Waals surface area contributed by atoms with E-state index in [9.17, 15) is 22.8 Å². The van der Waals surface area contributed by atoms with Gasteiger partial charge in [0.25, 0.3) is 0 Å². The molecule has 0 radical (unpaired) electrons. The molecule has 2 aromatic rings. The highest BCUT2D eigenvalue weighted by Crippen LogP contribution is 2.21. The molecule has 0 spiro atoms. The van der Waals surface area contributed by atoms with Gasteiger partial charge in [-0.2, -0.15) is 0 Å². The summed E-state index contributed by atoms with van der Waals surface area (Å²) in [6, 6.07) is 5.60.